The van der Waals surface area contributed by atoms with Crippen molar-refractivity contribution < 1.29 is 32.2 Å². The van der Waals surface area contributed by atoms with E-state index in [0.29, 0.717) is 22.8 Å². The molecule has 0 aliphatic heterocycles. The molecule has 0 bridgehead atoms. The second-order valence-electron chi connectivity index (χ2n) is 6.64. The van der Waals surface area contributed by atoms with Crippen molar-refractivity contribution in [3.8, 4) is 17.2 Å². The van der Waals surface area contributed by atoms with E-state index in [1.165, 1.54) is 32.4 Å². The highest BCUT2D eigenvalue weighted by Crippen LogP contribution is 2.36. The van der Waals surface area contributed by atoms with E-state index in [-0.39, 0.29) is 17.2 Å². The number of carbonyl (C=O) groups excluding carboxylic acids is 1. The van der Waals surface area contributed by atoms with Crippen molar-refractivity contribution in [3.05, 3.63) is 82.4 Å². The topological polar surface area (TPSA) is 56.8 Å². The zero-order valence-corrected chi connectivity index (χ0v) is 17.9. The second kappa shape index (κ2) is 9.82. The molecule has 168 valence electrons. The number of nitrogens with one attached hydrogen (secondary N) is 1. The second-order valence-corrected chi connectivity index (χ2v) is 7.07. The number of halogens is 4. The Morgan fingerprint density at radius 2 is 1.72 bits per heavy atom. The first-order chi connectivity index (χ1) is 15.2. The first kappa shape index (κ1) is 23.3. The normalized spacial score (nSPS) is 11.1. The summed E-state index contributed by atoms with van der Waals surface area (Å²) in [5.74, 6) is 0.901. The van der Waals surface area contributed by atoms with Crippen LogP contribution in [0.5, 0.6) is 17.2 Å². The van der Waals surface area contributed by atoms with Crippen LogP contribution in [0.15, 0.2) is 60.7 Å². The minimum absolute atomic E-state index is 0.0617. The minimum atomic E-state index is -4.68. The molecule has 0 aliphatic carbocycles. The Morgan fingerprint density at radius 1 is 0.969 bits per heavy atom. The zero-order chi connectivity index (χ0) is 23.3. The van der Waals surface area contributed by atoms with Crippen LogP contribution in [-0.4, -0.2) is 20.1 Å². The lowest BCUT2D eigenvalue weighted by Gasteiger charge is -2.15. The molecule has 0 saturated carbocycles. The molecule has 0 unspecified atom stereocenters. The molecule has 0 heterocycles. The van der Waals surface area contributed by atoms with Crippen LogP contribution in [0.25, 0.3) is 0 Å². The fourth-order valence-electron chi connectivity index (χ4n) is 2.94. The molecule has 32 heavy (non-hydrogen) atoms. The van der Waals surface area contributed by atoms with Gasteiger partial charge in [0.2, 0.25) is 0 Å². The molecule has 0 fully saturated rings. The molecule has 0 aliphatic rings. The highest BCUT2D eigenvalue weighted by atomic mass is 35.5. The van der Waals surface area contributed by atoms with Crippen molar-refractivity contribution >= 4 is 23.2 Å². The summed E-state index contributed by atoms with van der Waals surface area (Å²) in [6.07, 6.45) is -4.68. The molecule has 3 aromatic rings. The van der Waals surface area contributed by atoms with Gasteiger partial charge in [-0.2, -0.15) is 13.2 Å². The Bertz CT molecular complexity index is 1120. The Morgan fingerprint density at radius 3 is 2.41 bits per heavy atom. The molecule has 0 spiro atoms. The van der Waals surface area contributed by atoms with E-state index in [4.69, 9.17) is 25.8 Å². The van der Waals surface area contributed by atoms with Crippen LogP contribution in [0.4, 0.5) is 18.9 Å². The summed E-state index contributed by atoms with van der Waals surface area (Å²) in [7, 11) is 3.00. The van der Waals surface area contributed by atoms with Crippen molar-refractivity contribution in [2.75, 3.05) is 19.5 Å². The minimum Gasteiger partial charge on any atom is -0.497 e. The number of hydrogen-bond donors (Lipinski definition) is 1. The van der Waals surface area contributed by atoms with Gasteiger partial charge in [-0.3, -0.25) is 4.79 Å². The average Bonchev–Trinajstić information content (AvgIpc) is 2.78. The number of rotatable bonds is 7. The fraction of sp³-hybridized carbons (Fsp3) is 0.174. The maximum Gasteiger partial charge on any atom is 0.418 e. The van der Waals surface area contributed by atoms with E-state index in [0.717, 1.165) is 12.1 Å². The van der Waals surface area contributed by atoms with E-state index in [9.17, 15) is 18.0 Å². The highest BCUT2D eigenvalue weighted by Gasteiger charge is 2.34. The third-order valence-electron chi connectivity index (χ3n) is 4.51. The van der Waals surface area contributed by atoms with Crippen LogP contribution in [-0.2, 0) is 12.8 Å². The smallest absolute Gasteiger partial charge is 0.418 e. The quantitative estimate of drug-likeness (QED) is 0.451. The largest absolute Gasteiger partial charge is 0.497 e. The molecule has 3 rings (SSSR count). The van der Waals surface area contributed by atoms with Gasteiger partial charge in [-0.05, 0) is 48.5 Å². The van der Waals surface area contributed by atoms with E-state index >= 15 is 0 Å². The van der Waals surface area contributed by atoms with Gasteiger partial charge in [0.15, 0.2) is 0 Å². The summed E-state index contributed by atoms with van der Waals surface area (Å²) in [6, 6.07) is 14.6. The molecule has 3 aromatic carbocycles. The van der Waals surface area contributed by atoms with Crippen LogP contribution in [0, 0.1) is 0 Å². The maximum atomic E-state index is 13.3. The fourth-order valence-corrected chi connectivity index (χ4v) is 3.11. The Balaban J connectivity index is 1.82. The molecule has 0 radical (unpaired) electrons. The third-order valence-corrected chi connectivity index (χ3v) is 4.75. The Labute approximate surface area is 187 Å². The van der Waals surface area contributed by atoms with Gasteiger partial charge in [0, 0.05) is 22.2 Å². The number of methoxy groups -OCH3 is 2. The molecule has 5 nitrogen and oxygen atoms in total. The number of ether oxygens (including phenoxy) is 3. The average molecular weight is 466 g/mol. The van der Waals surface area contributed by atoms with Gasteiger partial charge in [0.1, 0.15) is 23.9 Å². The van der Waals surface area contributed by atoms with E-state index in [1.807, 2.05) is 0 Å². The standard InChI is InChI=1S/C23H19ClF3NO4/c1-30-17-4-3-5-18(12-17)32-13-15-10-14(6-9-21(15)31-2)22(29)28-20-8-7-16(24)11-19(20)23(25,26)27/h3-12H,13H2,1-2H3,(H,28,29). The van der Waals surface area contributed by atoms with E-state index in [2.05, 4.69) is 5.32 Å². The maximum absolute atomic E-state index is 13.3. The molecule has 1 N–H and O–H groups in total. The van der Waals surface area contributed by atoms with Gasteiger partial charge < -0.3 is 19.5 Å². The lowest BCUT2D eigenvalue weighted by atomic mass is 10.1. The first-order valence-corrected chi connectivity index (χ1v) is 9.71. The SMILES string of the molecule is COc1cccc(OCc2cc(C(=O)Nc3ccc(Cl)cc3C(F)(F)F)ccc2OC)c1. The molecule has 9 heteroatoms. The Kier molecular flexibility index (Phi) is 7.15. The van der Waals surface area contributed by atoms with E-state index in [1.54, 1.807) is 30.3 Å². The van der Waals surface area contributed by atoms with Gasteiger partial charge in [-0.1, -0.05) is 17.7 Å². The van der Waals surface area contributed by atoms with Gasteiger partial charge in [-0.25, -0.2) is 0 Å². The number of hydrogen-bond acceptors (Lipinski definition) is 4. The predicted molar refractivity (Wildman–Crippen MR) is 115 cm³/mol. The van der Waals surface area contributed by atoms with Crippen molar-refractivity contribution in [3.63, 3.8) is 0 Å². The number of alkyl halides is 3. The summed E-state index contributed by atoms with van der Waals surface area (Å²) in [5, 5.41) is 2.21. The molecule has 0 atom stereocenters. The predicted octanol–water partition coefficient (Wildman–Crippen LogP) is 6.21. The lowest BCUT2D eigenvalue weighted by Crippen LogP contribution is -2.17. The van der Waals surface area contributed by atoms with Crippen LogP contribution in [0.1, 0.15) is 21.5 Å². The first-order valence-electron chi connectivity index (χ1n) is 9.33. The Hall–Kier alpha value is -3.39. The molecule has 0 saturated heterocycles. The molecule has 0 aromatic heterocycles. The summed E-state index contributed by atoms with van der Waals surface area (Å²) in [4.78, 5) is 12.7. The van der Waals surface area contributed by atoms with Crippen molar-refractivity contribution in [2.24, 2.45) is 0 Å². The van der Waals surface area contributed by atoms with Crippen molar-refractivity contribution in [1.82, 2.24) is 0 Å². The number of carbonyl (C=O) groups is 1. The van der Waals surface area contributed by atoms with Gasteiger partial charge in [0.25, 0.3) is 5.91 Å². The van der Waals surface area contributed by atoms with Gasteiger partial charge in [-0.15, -0.1) is 0 Å². The lowest BCUT2D eigenvalue weighted by molar-refractivity contribution is -0.136. The number of amides is 1. The van der Waals surface area contributed by atoms with Gasteiger partial charge in [0.05, 0.1) is 25.5 Å². The molecular weight excluding hydrogens is 447 g/mol. The van der Waals surface area contributed by atoms with Crippen molar-refractivity contribution in [2.45, 2.75) is 12.8 Å². The summed E-state index contributed by atoms with van der Waals surface area (Å²) in [6.45, 7) is 0.0617. The van der Waals surface area contributed by atoms with Crippen LogP contribution >= 0.6 is 11.6 Å². The zero-order valence-electron chi connectivity index (χ0n) is 17.1. The van der Waals surface area contributed by atoms with Crippen LogP contribution in [0.3, 0.4) is 0 Å². The van der Waals surface area contributed by atoms with Crippen molar-refractivity contribution in [1.29, 1.82) is 0 Å². The van der Waals surface area contributed by atoms with E-state index < -0.39 is 23.3 Å². The summed E-state index contributed by atoms with van der Waals surface area (Å²) in [5.41, 5.74) is -0.751. The summed E-state index contributed by atoms with van der Waals surface area (Å²) >= 11 is 5.69. The monoisotopic (exact) mass is 465 g/mol. The number of anilines is 1. The number of benzene rings is 3. The molecular formula is C23H19ClF3NO4. The highest BCUT2D eigenvalue weighted by molar-refractivity contribution is 6.30. The summed E-state index contributed by atoms with van der Waals surface area (Å²) < 4.78 is 56.1. The molecule has 1 amide bonds. The van der Waals surface area contributed by atoms with Crippen LogP contribution < -0.4 is 19.5 Å². The van der Waals surface area contributed by atoms with Crippen LogP contribution in [0.2, 0.25) is 5.02 Å². The third kappa shape index (κ3) is 5.64. The van der Waals surface area contributed by atoms with Gasteiger partial charge >= 0.3 is 6.18 Å².